The van der Waals surface area contributed by atoms with Crippen molar-refractivity contribution in [1.82, 2.24) is 0 Å². The highest BCUT2D eigenvalue weighted by molar-refractivity contribution is 5.66. The molecule has 0 spiro atoms. The van der Waals surface area contributed by atoms with Crippen molar-refractivity contribution in [3.8, 4) is 0 Å². The number of nitrogens with two attached hydrogens (primary N) is 1. The van der Waals surface area contributed by atoms with Crippen LogP contribution in [0.1, 0.15) is 18.9 Å². The van der Waals surface area contributed by atoms with Crippen LogP contribution in [0.25, 0.3) is 0 Å². The number of hydrogen-bond acceptors (Lipinski definition) is 4. The van der Waals surface area contributed by atoms with Gasteiger partial charge in [0.05, 0.1) is 4.92 Å². The molecule has 1 fully saturated rings. The van der Waals surface area contributed by atoms with Crippen LogP contribution in [0.2, 0.25) is 0 Å². The average molecular weight is 263 g/mol. The van der Waals surface area contributed by atoms with Crippen LogP contribution in [0.15, 0.2) is 18.2 Å². The van der Waals surface area contributed by atoms with E-state index >= 15 is 0 Å². The van der Waals surface area contributed by atoms with Gasteiger partial charge in [-0.3, -0.25) is 10.1 Å². The van der Waals surface area contributed by atoms with Gasteiger partial charge in [-0.15, -0.1) is 0 Å². The van der Waals surface area contributed by atoms with E-state index in [9.17, 15) is 10.1 Å². The molecule has 2 atom stereocenters. The minimum absolute atomic E-state index is 0.229. The molecule has 0 amide bonds. The molecule has 5 heteroatoms. The van der Waals surface area contributed by atoms with Crippen molar-refractivity contribution in [2.24, 2.45) is 17.6 Å². The Labute approximate surface area is 113 Å². The van der Waals surface area contributed by atoms with Gasteiger partial charge in [0.25, 0.3) is 5.69 Å². The fraction of sp³-hybridized carbons (Fsp3) is 0.571. The van der Waals surface area contributed by atoms with Crippen LogP contribution in [0, 0.1) is 28.9 Å². The molecule has 0 aromatic heterocycles. The van der Waals surface area contributed by atoms with Crippen LogP contribution >= 0.6 is 0 Å². The number of anilines is 1. The third kappa shape index (κ3) is 2.71. The van der Waals surface area contributed by atoms with E-state index in [1.807, 2.05) is 12.1 Å². The van der Waals surface area contributed by atoms with Crippen molar-refractivity contribution in [3.63, 3.8) is 0 Å². The van der Waals surface area contributed by atoms with Gasteiger partial charge in [0, 0.05) is 18.7 Å². The highest BCUT2D eigenvalue weighted by Gasteiger charge is 2.29. The highest BCUT2D eigenvalue weighted by Crippen LogP contribution is 2.35. The number of aryl methyl sites for hydroxylation is 1. The average Bonchev–Trinajstić information content (AvgIpc) is 2.38. The Balaban J connectivity index is 2.32. The molecule has 1 aliphatic rings. The van der Waals surface area contributed by atoms with Gasteiger partial charge in [-0.2, -0.15) is 0 Å². The molecular formula is C14H21N3O2. The third-order valence-corrected chi connectivity index (χ3v) is 4.16. The maximum Gasteiger partial charge on any atom is 0.295 e. The lowest BCUT2D eigenvalue weighted by atomic mass is 9.87. The summed E-state index contributed by atoms with van der Waals surface area (Å²) in [6, 6.07) is 5.51. The van der Waals surface area contributed by atoms with Crippen molar-refractivity contribution in [3.05, 3.63) is 33.9 Å². The zero-order valence-corrected chi connectivity index (χ0v) is 11.5. The zero-order valence-electron chi connectivity index (χ0n) is 11.5. The van der Waals surface area contributed by atoms with Crippen LogP contribution < -0.4 is 10.6 Å². The van der Waals surface area contributed by atoms with E-state index in [2.05, 4.69) is 11.8 Å². The van der Waals surface area contributed by atoms with E-state index in [1.54, 1.807) is 13.0 Å². The molecule has 19 heavy (non-hydrogen) atoms. The quantitative estimate of drug-likeness (QED) is 0.671. The van der Waals surface area contributed by atoms with Crippen LogP contribution in [-0.4, -0.2) is 24.6 Å². The SMILES string of the molecule is Cc1cccc(N2CCC(C)C(CN)C2)c1[N+](=O)[O-]. The fourth-order valence-electron chi connectivity index (χ4n) is 2.81. The summed E-state index contributed by atoms with van der Waals surface area (Å²) in [5.41, 5.74) is 7.48. The molecule has 1 heterocycles. The molecule has 0 radical (unpaired) electrons. The normalized spacial score (nSPS) is 23.4. The second kappa shape index (κ2) is 5.57. The van der Waals surface area contributed by atoms with E-state index in [0.29, 0.717) is 23.9 Å². The second-order valence-corrected chi connectivity index (χ2v) is 5.41. The lowest BCUT2D eigenvalue weighted by Gasteiger charge is -2.37. The molecule has 0 saturated carbocycles. The molecule has 0 bridgehead atoms. The maximum absolute atomic E-state index is 11.3. The first-order valence-electron chi connectivity index (χ1n) is 6.73. The van der Waals surface area contributed by atoms with E-state index in [1.165, 1.54) is 0 Å². The first-order chi connectivity index (χ1) is 9.04. The minimum atomic E-state index is -0.278. The van der Waals surface area contributed by atoms with Crippen molar-refractivity contribution in [1.29, 1.82) is 0 Å². The van der Waals surface area contributed by atoms with Gasteiger partial charge >= 0.3 is 0 Å². The summed E-state index contributed by atoms with van der Waals surface area (Å²) in [7, 11) is 0. The van der Waals surface area contributed by atoms with Crippen molar-refractivity contribution >= 4 is 11.4 Å². The lowest BCUT2D eigenvalue weighted by Crippen LogP contribution is -2.42. The van der Waals surface area contributed by atoms with Crippen LogP contribution in [-0.2, 0) is 0 Å². The van der Waals surface area contributed by atoms with E-state index < -0.39 is 0 Å². The summed E-state index contributed by atoms with van der Waals surface area (Å²) in [6.07, 6.45) is 1.03. The fourth-order valence-corrected chi connectivity index (χ4v) is 2.81. The molecular weight excluding hydrogens is 242 g/mol. The van der Waals surface area contributed by atoms with Crippen molar-refractivity contribution < 1.29 is 4.92 Å². The van der Waals surface area contributed by atoms with Gasteiger partial charge in [0.15, 0.2) is 0 Å². The largest absolute Gasteiger partial charge is 0.366 e. The van der Waals surface area contributed by atoms with Gasteiger partial charge in [0.1, 0.15) is 5.69 Å². The number of rotatable bonds is 3. The highest BCUT2D eigenvalue weighted by atomic mass is 16.6. The zero-order chi connectivity index (χ0) is 14.0. The summed E-state index contributed by atoms with van der Waals surface area (Å²) in [5, 5.41) is 11.3. The van der Waals surface area contributed by atoms with Gasteiger partial charge < -0.3 is 10.6 Å². The monoisotopic (exact) mass is 263 g/mol. The van der Waals surface area contributed by atoms with E-state index in [0.717, 1.165) is 25.2 Å². The van der Waals surface area contributed by atoms with Crippen LogP contribution in [0.4, 0.5) is 11.4 Å². The third-order valence-electron chi connectivity index (χ3n) is 4.16. The number of nitro groups is 1. The van der Waals surface area contributed by atoms with E-state index in [4.69, 9.17) is 5.73 Å². The Morgan fingerprint density at radius 3 is 2.89 bits per heavy atom. The molecule has 0 aliphatic carbocycles. The number of para-hydroxylation sites is 1. The number of nitro benzene ring substituents is 1. The van der Waals surface area contributed by atoms with Gasteiger partial charge in [-0.05, 0) is 37.8 Å². The molecule has 2 N–H and O–H groups in total. The molecule has 5 nitrogen and oxygen atoms in total. The minimum Gasteiger partial charge on any atom is -0.366 e. The smallest absolute Gasteiger partial charge is 0.295 e. The summed E-state index contributed by atoms with van der Waals surface area (Å²) in [5.74, 6) is 0.999. The first-order valence-corrected chi connectivity index (χ1v) is 6.73. The maximum atomic E-state index is 11.3. The molecule has 104 valence electrons. The standard InChI is InChI=1S/C14H21N3O2/c1-10-6-7-16(9-12(10)8-15)13-5-3-4-11(2)14(13)17(18)19/h3-5,10,12H,6-9,15H2,1-2H3. The predicted octanol–water partition coefficient (Wildman–Crippen LogP) is 2.32. The number of piperidine rings is 1. The van der Waals surface area contributed by atoms with Gasteiger partial charge in [-0.25, -0.2) is 0 Å². The van der Waals surface area contributed by atoms with Gasteiger partial charge in [0.2, 0.25) is 0 Å². The Morgan fingerprint density at radius 1 is 1.53 bits per heavy atom. The van der Waals surface area contributed by atoms with Gasteiger partial charge in [-0.1, -0.05) is 19.1 Å². The summed E-state index contributed by atoms with van der Waals surface area (Å²) in [6.45, 7) is 6.30. The molecule has 1 aromatic carbocycles. The predicted molar refractivity (Wildman–Crippen MR) is 76.4 cm³/mol. The Kier molecular flexibility index (Phi) is 4.04. The first kappa shape index (κ1) is 13.8. The molecule has 1 saturated heterocycles. The Hall–Kier alpha value is -1.62. The van der Waals surface area contributed by atoms with Crippen molar-refractivity contribution in [2.75, 3.05) is 24.5 Å². The topological polar surface area (TPSA) is 72.4 Å². The lowest BCUT2D eigenvalue weighted by molar-refractivity contribution is -0.384. The number of nitrogens with zero attached hydrogens (tertiary/aromatic N) is 2. The summed E-state index contributed by atoms with van der Waals surface area (Å²) >= 11 is 0. The summed E-state index contributed by atoms with van der Waals surface area (Å²) in [4.78, 5) is 13.1. The van der Waals surface area contributed by atoms with Crippen LogP contribution in [0.5, 0.6) is 0 Å². The summed E-state index contributed by atoms with van der Waals surface area (Å²) < 4.78 is 0. The molecule has 2 rings (SSSR count). The molecule has 1 aliphatic heterocycles. The van der Waals surface area contributed by atoms with Crippen molar-refractivity contribution in [2.45, 2.75) is 20.3 Å². The number of hydrogen-bond donors (Lipinski definition) is 1. The number of benzene rings is 1. The molecule has 1 aromatic rings. The molecule has 2 unspecified atom stereocenters. The van der Waals surface area contributed by atoms with Crippen LogP contribution in [0.3, 0.4) is 0 Å². The Morgan fingerprint density at radius 2 is 2.26 bits per heavy atom. The Bertz CT molecular complexity index is 476. The second-order valence-electron chi connectivity index (χ2n) is 5.41. The van der Waals surface area contributed by atoms with E-state index in [-0.39, 0.29) is 10.6 Å².